The minimum atomic E-state index is 0.0746. The first-order valence-corrected chi connectivity index (χ1v) is 4.32. The van der Waals surface area contributed by atoms with Crippen molar-refractivity contribution in [2.75, 3.05) is 26.4 Å². The molecule has 1 unspecified atom stereocenters. The minimum Gasteiger partial charge on any atom is -0.381 e. The molecule has 0 bridgehead atoms. The summed E-state index contributed by atoms with van der Waals surface area (Å²) in [5, 5.41) is 2.91. The number of rotatable bonds is 2. The van der Waals surface area contributed by atoms with Gasteiger partial charge in [-0.05, 0) is 6.42 Å². The number of carbonyl (C=O) groups is 1. The highest BCUT2D eigenvalue weighted by molar-refractivity contribution is 5.79. The molecular formula is C8H13NO3. The first kappa shape index (κ1) is 8.01. The van der Waals surface area contributed by atoms with Crippen LogP contribution in [0.25, 0.3) is 0 Å². The van der Waals surface area contributed by atoms with E-state index in [0.717, 1.165) is 13.0 Å². The lowest BCUT2D eigenvalue weighted by Crippen LogP contribution is -2.50. The van der Waals surface area contributed by atoms with E-state index in [9.17, 15) is 4.79 Å². The normalized spacial score (nSPS) is 29.8. The summed E-state index contributed by atoms with van der Waals surface area (Å²) in [7, 11) is 0. The predicted octanol–water partition coefficient (Wildman–Crippen LogP) is -0.462. The Morgan fingerprint density at radius 1 is 1.25 bits per heavy atom. The van der Waals surface area contributed by atoms with Crippen molar-refractivity contribution >= 4 is 5.91 Å². The quantitative estimate of drug-likeness (QED) is 0.611. The Bertz CT molecular complexity index is 173. The molecule has 2 saturated heterocycles. The SMILES string of the molecule is O=C(NC1COC1)C1CCOC1. The second-order valence-corrected chi connectivity index (χ2v) is 3.30. The molecule has 1 atom stereocenters. The van der Waals surface area contributed by atoms with E-state index in [1.54, 1.807) is 0 Å². The maximum absolute atomic E-state index is 11.4. The van der Waals surface area contributed by atoms with Crippen LogP contribution in [-0.2, 0) is 14.3 Å². The van der Waals surface area contributed by atoms with Gasteiger partial charge < -0.3 is 14.8 Å². The van der Waals surface area contributed by atoms with Crippen LogP contribution in [0.2, 0.25) is 0 Å². The van der Waals surface area contributed by atoms with Crippen LogP contribution in [-0.4, -0.2) is 38.4 Å². The molecule has 2 aliphatic rings. The van der Waals surface area contributed by atoms with Gasteiger partial charge in [0.25, 0.3) is 0 Å². The van der Waals surface area contributed by atoms with Crippen molar-refractivity contribution in [3.63, 3.8) is 0 Å². The summed E-state index contributed by atoms with van der Waals surface area (Å²) in [6, 6.07) is 0.248. The summed E-state index contributed by atoms with van der Waals surface area (Å²) in [6.07, 6.45) is 0.861. The molecule has 0 aromatic rings. The van der Waals surface area contributed by atoms with E-state index in [4.69, 9.17) is 9.47 Å². The smallest absolute Gasteiger partial charge is 0.225 e. The Labute approximate surface area is 71.2 Å². The minimum absolute atomic E-state index is 0.0746. The van der Waals surface area contributed by atoms with Crippen molar-refractivity contribution in [1.82, 2.24) is 5.32 Å². The monoisotopic (exact) mass is 171 g/mol. The van der Waals surface area contributed by atoms with E-state index in [2.05, 4.69) is 5.32 Å². The van der Waals surface area contributed by atoms with Gasteiger partial charge in [-0.1, -0.05) is 0 Å². The van der Waals surface area contributed by atoms with Crippen molar-refractivity contribution in [1.29, 1.82) is 0 Å². The zero-order chi connectivity index (χ0) is 8.39. The summed E-state index contributed by atoms with van der Waals surface area (Å²) in [5.74, 6) is 0.200. The van der Waals surface area contributed by atoms with Crippen LogP contribution in [0.1, 0.15) is 6.42 Å². The fourth-order valence-corrected chi connectivity index (χ4v) is 1.38. The largest absolute Gasteiger partial charge is 0.381 e. The van der Waals surface area contributed by atoms with Crippen LogP contribution in [0.15, 0.2) is 0 Å². The Kier molecular flexibility index (Phi) is 2.28. The molecule has 0 aromatic carbocycles. The average Bonchev–Trinajstić information content (AvgIpc) is 2.47. The number of nitrogens with one attached hydrogen (secondary N) is 1. The van der Waals surface area contributed by atoms with Gasteiger partial charge in [-0.3, -0.25) is 4.79 Å². The number of ether oxygens (including phenoxy) is 2. The van der Waals surface area contributed by atoms with Crippen molar-refractivity contribution in [2.45, 2.75) is 12.5 Å². The first-order valence-electron chi connectivity index (χ1n) is 4.32. The highest BCUT2D eigenvalue weighted by Crippen LogP contribution is 2.13. The van der Waals surface area contributed by atoms with Crippen molar-refractivity contribution < 1.29 is 14.3 Å². The van der Waals surface area contributed by atoms with Gasteiger partial charge in [0.15, 0.2) is 0 Å². The molecule has 12 heavy (non-hydrogen) atoms. The average molecular weight is 171 g/mol. The van der Waals surface area contributed by atoms with Crippen LogP contribution < -0.4 is 5.32 Å². The second-order valence-electron chi connectivity index (χ2n) is 3.30. The lowest BCUT2D eigenvalue weighted by Gasteiger charge is -2.27. The van der Waals surface area contributed by atoms with E-state index >= 15 is 0 Å². The molecule has 0 saturated carbocycles. The van der Waals surface area contributed by atoms with Gasteiger partial charge in [-0.2, -0.15) is 0 Å². The summed E-state index contributed by atoms with van der Waals surface area (Å²) in [6.45, 7) is 2.64. The zero-order valence-electron chi connectivity index (χ0n) is 6.91. The molecule has 2 heterocycles. The number of amides is 1. The second kappa shape index (κ2) is 3.41. The van der Waals surface area contributed by atoms with Crippen molar-refractivity contribution in [2.24, 2.45) is 5.92 Å². The van der Waals surface area contributed by atoms with E-state index < -0.39 is 0 Å². The summed E-state index contributed by atoms with van der Waals surface area (Å²) >= 11 is 0. The predicted molar refractivity (Wildman–Crippen MR) is 41.7 cm³/mol. The van der Waals surface area contributed by atoms with Gasteiger partial charge in [0.05, 0.1) is 31.8 Å². The summed E-state index contributed by atoms with van der Waals surface area (Å²) in [5.41, 5.74) is 0. The molecule has 0 aliphatic carbocycles. The molecule has 1 amide bonds. The third kappa shape index (κ3) is 1.59. The van der Waals surface area contributed by atoms with Crippen molar-refractivity contribution in [3.8, 4) is 0 Å². The molecule has 2 rings (SSSR count). The van der Waals surface area contributed by atoms with Gasteiger partial charge in [0.2, 0.25) is 5.91 Å². The molecule has 1 N–H and O–H groups in total. The number of carbonyl (C=O) groups excluding carboxylic acids is 1. The van der Waals surface area contributed by atoms with E-state index in [-0.39, 0.29) is 17.9 Å². The van der Waals surface area contributed by atoms with Crippen LogP contribution in [0.4, 0.5) is 0 Å². The molecule has 68 valence electrons. The Hall–Kier alpha value is -0.610. The van der Waals surface area contributed by atoms with Gasteiger partial charge in [0, 0.05) is 6.61 Å². The fourth-order valence-electron chi connectivity index (χ4n) is 1.38. The van der Waals surface area contributed by atoms with Gasteiger partial charge in [-0.15, -0.1) is 0 Å². The molecule has 2 aliphatic heterocycles. The highest BCUT2D eigenvalue weighted by Gasteiger charge is 2.27. The number of hydrogen-bond donors (Lipinski definition) is 1. The molecule has 0 spiro atoms. The van der Waals surface area contributed by atoms with E-state index in [1.807, 2.05) is 0 Å². The Morgan fingerprint density at radius 2 is 2.08 bits per heavy atom. The summed E-state index contributed by atoms with van der Waals surface area (Å²) in [4.78, 5) is 11.4. The zero-order valence-corrected chi connectivity index (χ0v) is 6.91. The molecule has 2 fully saturated rings. The van der Waals surface area contributed by atoms with E-state index in [0.29, 0.717) is 19.8 Å². The topological polar surface area (TPSA) is 47.6 Å². The lowest BCUT2D eigenvalue weighted by molar-refractivity contribution is -0.129. The molecule has 0 radical (unpaired) electrons. The van der Waals surface area contributed by atoms with E-state index in [1.165, 1.54) is 0 Å². The fraction of sp³-hybridized carbons (Fsp3) is 0.875. The molecule has 4 heteroatoms. The third-order valence-electron chi connectivity index (χ3n) is 2.28. The molecule has 0 aromatic heterocycles. The third-order valence-corrected chi connectivity index (χ3v) is 2.28. The van der Waals surface area contributed by atoms with Crippen LogP contribution >= 0.6 is 0 Å². The van der Waals surface area contributed by atoms with Gasteiger partial charge >= 0.3 is 0 Å². The highest BCUT2D eigenvalue weighted by atomic mass is 16.5. The molecule has 4 nitrogen and oxygen atoms in total. The Balaban J connectivity index is 1.74. The maximum atomic E-state index is 11.4. The van der Waals surface area contributed by atoms with Crippen LogP contribution in [0.5, 0.6) is 0 Å². The van der Waals surface area contributed by atoms with Crippen molar-refractivity contribution in [3.05, 3.63) is 0 Å². The first-order chi connectivity index (χ1) is 5.86. The lowest BCUT2D eigenvalue weighted by atomic mass is 10.1. The Morgan fingerprint density at radius 3 is 2.58 bits per heavy atom. The molecular weight excluding hydrogens is 158 g/mol. The summed E-state index contributed by atoms with van der Waals surface area (Å²) < 4.78 is 10.1. The van der Waals surface area contributed by atoms with Crippen LogP contribution in [0, 0.1) is 5.92 Å². The van der Waals surface area contributed by atoms with Crippen LogP contribution in [0.3, 0.4) is 0 Å². The standard InChI is InChI=1S/C8H13NO3/c10-8(6-1-2-11-3-6)9-7-4-12-5-7/h6-7H,1-5H2,(H,9,10). The van der Waals surface area contributed by atoms with Gasteiger partial charge in [-0.25, -0.2) is 0 Å². The maximum Gasteiger partial charge on any atom is 0.225 e. The number of hydrogen-bond acceptors (Lipinski definition) is 3. The van der Waals surface area contributed by atoms with Gasteiger partial charge in [0.1, 0.15) is 0 Å².